The topological polar surface area (TPSA) is 46.5 Å². The van der Waals surface area contributed by atoms with Crippen molar-refractivity contribution in [2.24, 2.45) is 10.2 Å². The molecule has 0 amide bonds. The summed E-state index contributed by atoms with van der Waals surface area (Å²) in [5, 5.41) is 6.31. The van der Waals surface area contributed by atoms with E-state index >= 15 is 0 Å². The number of ether oxygens (including phenoxy) is 2. The summed E-state index contributed by atoms with van der Waals surface area (Å²) in [6.45, 7) is 0.564. The van der Waals surface area contributed by atoms with Crippen molar-refractivity contribution in [3.63, 3.8) is 0 Å². The normalized spacial score (nSPS) is 23.9. The highest BCUT2D eigenvalue weighted by Gasteiger charge is 2.65. The summed E-state index contributed by atoms with van der Waals surface area (Å²) < 4.78 is 48.7. The van der Waals surface area contributed by atoms with E-state index in [1.54, 1.807) is 6.07 Å². The smallest absolute Gasteiger partial charge is 0.442 e. The molecule has 18 heavy (non-hydrogen) atoms. The Balaban J connectivity index is 1.99. The van der Waals surface area contributed by atoms with Crippen molar-refractivity contribution in [1.29, 1.82) is 0 Å². The van der Waals surface area contributed by atoms with Gasteiger partial charge in [0.05, 0.1) is 13.7 Å². The zero-order valence-corrected chi connectivity index (χ0v) is 9.36. The molecule has 1 atom stereocenters. The Morgan fingerprint density at radius 2 is 2.06 bits per heavy atom. The largest absolute Gasteiger partial charge is 0.496 e. The minimum absolute atomic E-state index is 0.0312. The first-order chi connectivity index (χ1) is 8.48. The Bertz CT molecular complexity index is 518. The van der Waals surface area contributed by atoms with Gasteiger partial charge in [-0.15, -0.1) is 10.2 Å². The quantitative estimate of drug-likeness (QED) is 0.782. The highest BCUT2D eigenvalue weighted by molar-refractivity contribution is 5.44. The molecule has 1 saturated heterocycles. The highest BCUT2D eigenvalue weighted by Crippen LogP contribution is 2.53. The van der Waals surface area contributed by atoms with Gasteiger partial charge in [0.15, 0.2) is 0 Å². The Kier molecular flexibility index (Phi) is 2.19. The first-order valence-electron chi connectivity index (χ1n) is 5.29. The lowest BCUT2D eigenvalue weighted by Crippen LogP contribution is -2.30. The Morgan fingerprint density at radius 3 is 2.50 bits per heavy atom. The molecule has 4 nitrogen and oxygen atoms in total. The summed E-state index contributed by atoms with van der Waals surface area (Å²) in [4.78, 5) is 0. The highest BCUT2D eigenvalue weighted by atomic mass is 19.4. The van der Waals surface area contributed by atoms with Gasteiger partial charge in [0, 0.05) is 11.1 Å². The van der Waals surface area contributed by atoms with Crippen LogP contribution in [0.2, 0.25) is 0 Å². The van der Waals surface area contributed by atoms with Crippen molar-refractivity contribution in [1.82, 2.24) is 0 Å². The molecule has 0 radical (unpaired) electrons. The van der Waals surface area contributed by atoms with Crippen molar-refractivity contribution in [3.8, 4) is 5.75 Å². The molecule has 1 aromatic rings. The lowest BCUT2D eigenvalue weighted by atomic mass is 9.99. The molecule has 2 heterocycles. The fourth-order valence-corrected chi connectivity index (χ4v) is 1.86. The maximum Gasteiger partial charge on any atom is 0.442 e. The molecular weight excluding hydrogens is 249 g/mol. The molecule has 0 bridgehead atoms. The number of halogens is 3. The minimum atomic E-state index is -4.52. The molecule has 1 unspecified atom stereocenters. The van der Waals surface area contributed by atoms with E-state index in [9.17, 15) is 13.2 Å². The summed E-state index contributed by atoms with van der Waals surface area (Å²) in [5.41, 5.74) is -1.68. The molecule has 7 heteroatoms. The van der Waals surface area contributed by atoms with Gasteiger partial charge in [-0.1, -0.05) is 12.1 Å². The van der Waals surface area contributed by atoms with E-state index in [4.69, 9.17) is 9.47 Å². The average Bonchev–Trinajstić information content (AvgIpc) is 3.16. The van der Waals surface area contributed by atoms with Crippen LogP contribution in [0.25, 0.3) is 0 Å². The van der Waals surface area contributed by atoms with E-state index < -0.39 is 11.8 Å². The third-order valence-corrected chi connectivity index (χ3v) is 3.01. The van der Waals surface area contributed by atoms with Crippen molar-refractivity contribution in [2.75, 3.05) is 13.7 Å². The van der Waals surface area contributed by atoms with Gasteiger partial charge in [0.25, 0.3) is 0 Å². The molecule has 2 aliphatic rings. The van der Waals surface area contributed by atoms with Crippen LogP contribution in [0.1, 0.15) is 17.2 Å². The van der Waals surface area contributed by atoms with Gasteiger partial charge in [0.2, 0.25) is 0 Å². The van der Waals surface area contributed by atoms with E-state index in [0.717, 1.165) is 5.56 Å². The maximum absolute atomic E-state index is 12.8. The second kappa shape index (κ2) is 3.44. The third kappa shape index (κ3) is 1.58. The van der Waals surface area contributed by atoms with Crippen LogP contribution < -0.4 is 4.74 Å². The van der Waals surface area contributed by atoms with Crippen LogP contribution in [-0.2, 0) is 10.4 Å². The predicted molar refractivity (Wildman–Crippen MR) is 54.3 cm³/mol. The second-order valence-electron chi connectivity index (χ2n) is 4.15. The van der Waals surface area contributed by atoms with E-state index in [2.05, 4.69) is 10.2 Å². The number of epoxide rings is 1. The first-order valence-corrected chi connectivity index (χ1v) is 5.29. The Hall–Kier alpha value is -1.63. The van der Waals surface area contributed by atoms with Gasteiger partial charge >= 0.3 is 11.8 Å². The molecule has 0 aliphatic carbocycles. The summed E-state index contributed by atoms with van der Waals surface area (Å²) in [7, 11) is 1.41. The monoisotopic (exact) mass is 258 g/mol. The standard InChI is InChI=1S/C11H9F3N2O2/c1-17-8-4-6(2-3-7(8)9-5-18-9)10(15-16-10)11(12,13)14/h2-4,9H,5H2,1H3. The average molecular weight is 258 g/mol. The number of rotatable bonds is 3. The van der Waals surface area contributed by atoms with Crippen LogP contribution in [-0.4, -0.2) is 19.9 Å². The van der Waals surface area contributed by atoms with E-state index in [1.807, 2.05) is 0 Å². The molecule has 0 N–H and O–H groups in total. The van der Waals surface area contributed by atoms with E-state index in [1.165, 1.54) is 19.2 Å². The summed E-state index contributed by atoms with van der Waals surface area (Å²) >= 11 is 0. The van der Waals surface area contributed by atoms with Gasteiger partial charge in [-0.05, 0) is 6.07 Å². The van der Waals surface area contributed by atoms with Crippen molar-refractivity contribution >= 4 is 0 Å². The van der Waals surface area contributed by atoms with Gasteiger partial charge < -0.3 is 9.47 Å². The molecule has 0 aromatic heterocycles. The van der Waals surface area contributed by atoms with E-state index in [0.29, 0.717) is 12.4 Å². The number of alkyl halides is 3. The lowest BCUT2D eigenvalue weighted by Gasteiger charge is -2.16. The van der Waals surface area contributed by atoms with Crippen molar-refractivity contribution in [2.45, 2.75) is 17.9 Å². The fourth-order valence-electron chi connectivity index (χ4n) is 1.86. The second-order valence-corrected chi connectivity index (χ2v) is 4.15. The summed E-state index contributed by atoms with van der Waals surface area (Å²) in [6.07, 6.45) is -4.60. The summed E-state index contributed by atoms with van der Waals surface area (Å²) in [6, 6.07) is 4.26. The van der Waals surface area contributed by atoms with Gasteiger partial charge in [-0.25, -0.2) is 0 Å². The van der Waals surface area contributed by atoms with Crippen LogP contribution in [0.15, 0.2) is 28.4 Å². The SMILES string of the molecule is COc1cc(C2(C(F)(F)F)N=N2)ccc1C1CO1. The zero-order valence-electron chi connectivity index (χ0n) is 9.36. The van der Waals surface area contributed by atoms with Gasteiger partial charge in [-0.2, -0.15) is 13.2 Å². The van der Waals surface area contributed by atoms with Crippen LogP contribution >= 0.6 is 0 Å². The van der Waals surface area contributed by atoms with Crippen LogP contribution in [0.5, 0.6) is 5.75 Å². The fraction of sp³-hybridized carbons (Fsp3) is 0.455. The number of nitrogens with zero attached hydrogens (tertiary/aromatic N) is 2. The molecule has 2 aliphatic heterocycles. The summed E-state index contributed by atoms with van der Waals surface area (Å²) in [5.74, 6) is 0.371. The van der Waals surface area contributed by atoms with Crippen molar-refractivity contribution in [3.05, 3.63) is 29.3 Å². The van der Waals surface area contributed by atoms with E-state index in [-0.39, 0.29) is 11.7 Å². The first kappa shape index (κ1) is 11.5. The number of hydrogen-bond donors (Lipinski definition) is 0. The molecule has 1 aromatic carbocycles. The number of methoxy groups -OCH3 is 1. The third-order valence-electron chi connectivity index (χ3n) is 3.01. The van der Waals surface area contributed by atoms with Crippen molar-refractivity contribution < 1.29 is 22.6 Å². The molecule has 0 spiro atoms. The molecule has 1 fully saturated rings. The van der Waals surface area contributed by atoms with Gasteiger partial charge in [0.1, 0.15) is 11.9 Å². The Labute approximate surface area is 100 Å². The predicted octanol–water partition coefficient (Wildman–Crippen LogP) is 2.95. The molecule has 3 rings (SSSR count). The van der Waals surface area contributed by atoms with Crippen LogP contribution in [0.4, 0.5) is 13.2 Å². The minimum Gasteiger partial charge on any atom is -0.496 e. The van der Waals surface area contributed by atoms with Crippen LogP contribution in [0.3, 0.4) is 0 Å². The number of hydrogen-bond acceptors (Lipinski definition) is 4. The van der Waals surface area contributed by atoms with Gasteiger partial charge in [-0.3, -0.25) is 0 Å². The Morgan fingerprint density at radius 1 is 1.39 bits per heavy atom. The molecule has 96 valence electrons. The molecular formula is C11H9F3N2O2. The van der Waals surface area contributed by atoms with Crippen LogP contribution in [0, 0.1) is 0 Å². The maximum atomic E-state index is 12.8. The lowest BCUT2D eigenvalue weighted by molar-refractivity contribution is -0.166. The number of benzene rings is 1. The molecule has 0 saturated carbocycles. The zero-order chi connectivity index (χ0) is 13.0.